The first kappa shape index (κ1) is 15.7. The van der Waals surface area contributed by atoms with Crippen LogP contribution >= 0.6 is 8.38 Å². The van der Waals surface area contributed by atoms with E-state index in [0.29, 0.717) is 0 Å². The second kappa shape index (κ2) is 9.55. The molecular formula is C2H13N2O2P. The van der Waals surface area contributed by atoms with Crippen molar-refractivity contribution in [2.45, 2.75) is 6.92 Å². The molecule has 0 atom stereocenters. The van der Waals surface area contributed by atoms with Crippen LogP contribution in [0.25, 0.3) is 0 Å². The molecule has 4 nitrogen and oxygen atoms in total. The van der Waals surface area contributed by atoms with E-state index >= 15 is 0 Å². The summed E-state index contributed by atoms with van der Waals surface area (Å²) in [5.41, 5.74) is 0. The molecule has 0 aromatic heterocycles. The third kappa shape index (κ3) is 22.2. The molecule has 0 aliphatic carbocycles. The first-order valence-electron chi connectivity index (χ1n) is 1.39. The molecule has 0 fully saturated rings. The highest BCUT2D eigenvalue weighted by Gasteiger charge is 1.54. The van der Waals surface area contributed by atoms with Crippen LogP contribution in [0.15, 0.2) is 0 Å². The van der Waals surface area contributed by atoms with Crippen molar-refractivity contribution in [2.24, 2.45) is 0 Å². The number of rotatable bonds is 1. The SMILES string of the molecule is CCP([O-])[O-].[NH4+].[NH4+]. The van der Waals surface area contributed by atoms with Gasteiger partial charge in [-0.05, 0) is 0 Å². The Morgan fingerprint density at radius 2 is 1.43 bits per heavy atom. The van der Waals surface area contributed by atoms with E-state index in [1.54, 1.807) is 6.92 Å². The van der Waals surface area contributed by atoms with Gasteiger partial charge < -0.3 is 30.5 Å². The predicted molar refractivity (Wildman–Crippen MR) is 29.4 cm³/mol. The maximum absolute atomic E-state index is 9.41. The highest BCUT2D eigenvalue weighted by atomic mass is 31.2. The molecule has 7 heavy (non-hydrogen) atoms. The zero-order valence-electron chi connectivity index (χ0n) is 4.97. The van der Waals surface area contributed by atoms with E-state index < -0.39 is 8.38 Å². The number of hydrogen-bond donors (Lipinski definition) is 2. The number of hydrogen-bond acceptors (Lipinski definition) is 2. The van der Waals surface area contributed by atoms with Gasteiger partial charge in [0, 0.05) is 0 Å². The average Bonchev–Trinajstić information content (AvgIpc) is 1.38. The lowest BCUT2D eigenvalue weighted by molar-refractivity contribution is -0.291. The largest absolute Gasteiger partial charge is 0.842 e. The van der Waals surface area contributed by atoms with Crippen molar-refractivity contribution in [1.82, 2.24) is 12.3 Å². The highest BCUT2D eigenvalue weighted by Crippen LogP contribution is 2.06. The van der Waals surface area contributed by atoms with Gasteiger partial charge in [-0.1, -0.05) is 13.1 Å². The summed E-state index contributed by atoms with van der Waals surface area (Å²) in [6.45, 7) is 1.60. The van der Waals surface area contributed by atoms with Gasteiger partial charge in [-0.15, -0.1) is 0 Å². The van der Waals surface area contributed by atoms with E-state index in [4.69, 9.17) is 0 Å². The van der Waals surface area contributed by atoms with Crippen LogP contribution < -0.4 is 22.1 Å². The maximum Gasteiger partial charge on any atom is -0.0637 e. The molecule has 5 heteroatoms. The van der Waals surface area contributed by atoms with Gasteiger partial charge in [0.1, 0.15) is 0 Å². The summed E-state index contributed by atoms with van der Waals surface area (Å²) in [5.74, 6) is 0. The summed E-state index contributed by atoms with van der Waals surface area (Å²) in [7, 11) is -2.10. The molecule has 0 saturated heterocycles. The first-order valence-corrected chi connectivity index (χ1v) is 2.75. The molecule has 0 aliphatic rings. The molecule has 0 aromatic rings. The van der Waals surface area contributed by atoms with Gasteiger partial charge in [0.25, 0.3) is 0 Å². The highest BCUT2D eigenvalue weighted by molar-refractivity contribution is 7.41. The van der Waals surface area contributed by atoms with E-state index in [-0.39, 0.29) is 18.5 Å². The normalized spacial score (nSPS) is 6.86. The molecule has 8 N–H and O–H groups in total. The Balaban J connectivity index is -0.0000000800. The minimum absolute atomic E-state index is 0. The van der Waals surface area contributed by atoms with E-state index in [9.17, 15) is 9.79 Å². The molecule has 0 aliphatic heterocycles. The third-order valence-corrected chi connectivity index (χ3v) is 0.775. The van der Waals surface area contributed by atoms with Crippen LogP contribution in [-0.4, -0.2) is 6.16 Å². The summed E-state index contributed by atoms with van der Waals surface area (Å²) in [5, 5.41) is 0. The van der Waals surface area contributed by atoms with E-state index in [0.717, 1.165) is 0 Å². The molecule has 0 saturated carbocycles. The second-order valence-electron chi connectivity index (χ2n) is 0.649. The fourth-order valence-electron chi connectivity index (χ4n) is 0. The summed E-state index contributed by atoms with van der Waals surface area (Å²) >= 11 is 0. The molecule has 0 bridgehead atoms. The average molecular weight is 128 g/mol. The number of quaternary nitrogens is 2. The van der Waals surface area contributed by atoms with Crippen LogP contribution in [0.1, 0.15) is 6.92 Å². The van der Waals surface area contributed by atoms with Gasteiger partial charge >= 0.3 is 0 Å². The summed E-state index contributed by atoms with van der Waals surface area (Å²) in [6, 6.07) is 0. The van der Waals surface area contributed by atoms with Crippen molar-refractivity contribution in [3.05, 3.63) is 0 Å². The van der Waals surface area contributed by atoms with Gasteiger partial charge in [-0.3, -0.25) is 0 Å². The summed E-state index contributed by atoms with van der Waals surface area (Å²) < 4.78 is 0. The van der Waals surface area contributed by atoms with Crippen molar-refractivity contribution in [2.75, 3.05) is 6.16 Å². The minimum Gasteiger partial charge on any atom is -0.842 e. The fraction of sp³-hybridized carbons (Fsp3) is 1.00. The first-order chi connectivity index (χ1) is 2.27. The Morgan fingerprint density at radius 1 is 1.29 bits per heavy atom. The van der Waals surface area contributed by atoms with Crippen molar-refractivity contribution in [3.63, 3.8) is 0 Å². The fourth-order valence-corrected chi connectivity index (χ4v) is 0. The van der Waals surface area contributed by atoms with E-state index in [2.05, 4.69) is 0 Å². The zero-order valence-corrected chi connectivity index (χ0v) is 5.87. The Bertz CT molecular complexity index is 27.7. The van der Waals surface area contributed by atoms with Gasteiger partial charge in [-0.2, -0.15) is 0 Å². The van der Waals surface area contributed by atoms with E-state index in [1.807, 2.05) is 0 Å². The summed E-state index contributed by atoms with van der Waals surface area (Å²) in [4.78, 5) is 18.8. The Labute approximate surface area is 44.6 Å². The van der Waals surface area contributed by atoms with Crippen LogP contribution in [0, 0.1) is 0 Å². The van der Waals surface area contributed by atoms with Crippen LogP contribution in [0.3, 0.4) is 0 Å². The van der Waals surface area contributed by atoms with Gasteiger partial charge in [0.05, 0.1) is 0 Å². The minimum atomic E-state index is -2.10. The molecule has 0 unspecified atom stereocenters. The molecule has 0 aromatic carbocycles. The maximum atomic E-state index is 9.41. The van der Waals surface area contributed by atoms with Crippen LogP contribution in [0.4, 0.5) is 0 Å². The van der Waals surface area contributed by atoms with Crippen LogP contribution in [0.5, 0.6) is 0 Å². The molecule has 0 radical (unpaired) electrons. The zero-order chi connectivity index (χ0) is 4.28. The summed E-state index contributed by atoms with van der Waals surface area (Å²) in [6.07, 6.45) is 0.259. The molecule has 0 spiro atoms. The Hall–Kier alpha value is 0.270. The third-order valence-electron chi connectivity index (χ3n) is 0.258. The second-order valence-corrected chi connectivity index (χ2v) is 1.95. The lowest BCUT2D eigenvalue weighted by atomic mass is 11.0. The van der Waals surface area contributed by atoms with Crippen LogP contribution in [0.2, 0.25) is 0 Å². The van der Waals surface area contributed by atoms with E-state index in [1.165, 1.54) is 0 Å². The van der Waals surface area contributed by atoms with Crippen molar-refractivity contribution in [1.29, 1.82) is 0 Å². The smallest absolute Gasteiger partial charge is 0.0637 e. The van der Waals surface area contributed by atoms with Gasteiger partial charge in [0.2, 0.25) is 0 Å². The monoisotopic (exact) mass is 128 g/mol. The van der Waals surface area contributed by atoms with Crippen molar-refractivity contribution in [3.8, 4) is 0 Å². The Kier molecular flexibility index (Phi) is 21.4. The lowest BCUT2D eigenvalue weighted by Gasteiger charge is -2.28. The van der Waals surface area contributed by atoms with Gasteiger partial charge in [0.15, 0.2) is 0 Å². The molecule has 0 heterocycles. The van der Waals surface area contributed by atoms with Gasteiger partial charge in [-0.25, -0.2) is 0 Å². The topological polar surface area (TPSA) is 119 Å². The standard InChI is InChI=1S/C2H5O2P.2H3N/c1-2-5(3)4;;/h2H2,1H3;2*1H3/q-2;;/p+2. The predicted octanol–water partition coefficient (Wildman–Crippen LogP) is -0.209. The van der Waals surface area contributed by atoms with Crippen LogP contribution in [-0.2, 0) is 0 Å². The molecule has 0 amide bonds. The Morgan fingerprint density at radius 3 is 1.43 bits per heavy atom. The molecule has 48 valence electrons. The molecular weight excluding hydrogens is 115 g/mol. The van der Waals surface area contributed by atoms with Crippen molar-refractivity contribution < 1.29 is 9.79 Å². The quantitative estimate of drug-likeness (QED) is 0.475. The van der Waals surface area contributed by atoms with Crippen molar-refractivity contribution >= 4 is 8.38 Å². The molecule has 0 rings (SSSR count). The lowest BCUT2D eigenvalue weighted by Crippen LogP contribution is -2.08.